The second kappa shape index (κ2) is 9.96. The lowest BCUT2D eigenvalue weighted by molar-refractivity contribution is -0.0986. The van der Waals surface area contributed by atoms with Crippen molar-refractivity contribution in [1.82, 2.24) is 5.32 Å². The Morgan fingerprint density at radius 1 is 1.08 bits per heavy atom. The summed E-state index contributed by atoms with van der Waals surface area (Å²) in [6.07, 6.45) is 5.08. The second-order valence-corrected chi connectivity index (χ2v) is 3.17. The molecule has 0 amide bonds. The van der Waals surface area contributed by atoms with Crippen LogP contribution in [0.5, 0.6) is 0 Å². The van der Waals surface area contributed by atoms with Gasteiger partial charge in [0.2, 0.25) is 0 Å². The summed E-state index contributed by atoms with van der Waals surface area (Å²) in [4.78, 5) is 0. The molecule has 0 aliphatic carbocycles. The maximum Gasteiger partial charge on any atom is 0.169 e. The van der Waals surface area contributed by atoms with Crippen molar-refractivity contribution < 1.29 is 9.47 Å². The number of ether oxygens (including phenoxy) is 2. The number of hydrogen-bond donors (Lipinski definition) is 1. The third-order valence-corrected chi connectivity index (χ3v) is 2.04. The molecule has 0 saturated carbocycles. The lowest BCUT2D eigenvalue weighted by Crippen LogP contribution is -2.30. The molecule has 0 aromatic rings. The Balaban J connectivity index is 3.05. The van der Waals surface area contributed by atoms with Crippen molar-refractivity contribution in [2.45, 2.75) is 38.9 Å². The van der Waals surface area contributed by atoms with Crippen molar-refractivity contribution in [2.24, 2.45) is 0 Å². The Kier molecular flexibility index (Phi) is 9.87. The van der Waals surface area contributed by atoms with Gasteiger partial charge in [0.1, 0.15) is 0 Å². The van der Waals surface area contributed by atoms with Crippen molar-refractivity contribution in [3.05, 3.63) is 0 Å². The van der Waals surface area contributed by atoms with Crippen LogP contribution in [0.2, 0.25) is 0 Å². The second-order valence-electron chi connectivity index (χ2n) is 3.17. The average Bonchev–Trinajstić information content (AvgIpc) is 2.17. The van der Waals surface area contributed by atoms with E-state index in [0.29, 0.717) is 0 Å². The molecule has 0 aromatic carbocycles. The molecule has 13 heavy (non-hydrogen) atoms. The first-order valence-electron chi connectivity index (χ1n) is 5.11. The zero-order valence-corrected chi connectivity index (χ0v) is 9.14. The molecule has 1 N–H and O–H groups in total. The Hall–Kier alpha value is -0.120. The Bertz CT molecular complexity index is 94.9. The molecule has 0 unspecified atom stereocenters. The maximum atomic E-state index is 5.04. The molecule has 0 aliphatic rings. The zero-order chi connectivity index (χ0) is 9.94. The van der Waals surface area contributed by atoms with Crippen molar-refractivity contribution >= 4 is 0 Å². The highest BCUT2D eigenvalue weighted by Crippen LogP contribution is 1.97. The highest BCUT2D eigenvalue weighted by atomic mass is 16.7. The molecule has 0 aromatic heterocycles. The number of hydrogen-bond acceptors (Lipinski definition) is 3. The van der Waals surface area contributed by atoms with Crippen molar-refractivity contribution in [2.75, 3.05) is 27.3 Å². The van der Waals surface area contributed by atoms with Gasteiger partial charge >= 0.3 is 0 Å². The number of methoxy groups -OCH3 is 2. The summed E-state index contributed by atoms with van der Waals surface area (Å²) < 4.78 is 10.1. The summed E-state index contributed by atoms with van der Waals surface area (Å²) in [5.41, 5.74) is 0. The first kappa shape index (κ1) is 12.9. The zero-order valence-electron chi connectivity index (χ0n) is 9.14. The molecule has 0 fully saturated rings. The van der Waals surface area contributed by atoms with Crippen LogP contribution in [0.15, 0.2) is 0 Å². The average molecular weight is 189 g/mol. The van der Waals surface area contributed by atoms with Gasteiger partial charge in [0.05, 0.1) is 0 Å². The SMILES string of the molecule is CCCCCCNCC(OC)OC. The van der Waals surface area contributed by atoms with E-state index < -0.39 is 0 Å². The lowest BCUT2D eigenvalue weighted by Gasteiger charge is -2.13. The number of nitrogens with one attached hydrogen (secondary N) is 1. The van der Waals surface area contributed by atoms with Crippen LogP contribution in [0.4, 0.5) is 0 Å². The monoisotopic (exact) mass is 189 g/mol. The van der Waals surface area contributed by atoms with E-state index in [0.717, 1.165) is 13.1 Å². The molecular weight excluding hydrogens is 166 g/mol. The smallest absolute Gasteiger partial charge is 0.169 e. The highest BCUT2D eigenvalue weighted by molar-refractivity contribution is 4.51. The van der Waals surface area contributed by atoms with Crippen LogP contribution in [0, 0.1) is 0 Å². The molecule has 0 aliphatic heterocycles. The summed E-state index contributed by atoms with van der Waals surface area (Å²) in [6.45, 7) is 4.06. The third-order valence-electron chi connectivity index (χ3n) is 2.04. The van der Waals surface area contributed by atoms with E-state index >= 15 is 0 Å². The molecular formula is C10H23NO2. The molecule has 0 rings (SSSR count). The minimum atomic E-state index is -0.105. The van der Waals surface area contributed by atoms with Crippen LogP contribution in [0.1, 0.15) is 32.6 Å². The van der Waals surface area contributed by atoms with E-state index in [1.807, 2.05) is 0 Å². The van der Waals surface area contributed by atoms with Gasteiger partial charge in [-0.1, -0.05) is 26.2 Å². The van der Waals surface area contributed by atoms with Gasteiger partial charge < -0.3 is 14.8 Å². The van der Waals surface area contributed by atoms with E-state index in [9.17, 15) is 0 Å². The van der Waals surface area contributed by atoms with Crippen LogP contribution in [-0.4, -0.2) is 33.6 Å². The van der Waals surface area contributed by atoms with E-state index in [1.54, 1.807) is 14.2 Å². The normalized spacial score (nSPS) is 11.1. The first-order valence-corrected chi connectivity index (χ1v) is 5.11. The van der Waals surface area contributed by atoms with Gasteiger partial charge in [0.25, 0.3) is 0 Å². The molecule has 3 nitrogen and oxygen atoms in total. The van der Waals surface area contributed by atoms with Crippen LogP contribution in [-0.2, 0) is 9.47 Å². The summed E-state index contributed by atoms with van der Waals surface area (Å²) in [7, 11) is 3.32. The molecule has 80 valence electrons. The molecule has 0 heterocycles. The van der Waals surface area contributed by atoms with Gasteiger partial charge in [-0.3, -0.25) is 0 Å². The van der Waals surface area contributed by atoms with Crippen LogP contribution >= 0.6 is 0 Å². The topological polar surface area (TPSA) is 30.5 Å². The third kappa shape index (κ3) is 8.22. The Morgan fingerprint density at radius 2 is 1.77 bits per heavy atom. The number of unbranched alkanes of at least 4 members (excludes halogenated alkanes) is 3. The van der Waals surface area contributed by atoms with Crippen molar-refractivity contribution in [3.8, 4) is 0 Å². The fourth-order valence-corrected chi connectivity index (χ4v) is 1.16. The standard InChI is InChI=1S/C10H23NO2/c1-4-5-6-7-8-11-9-10(12-2)13-3/h10-11H,4-9H2,1-3H3. The summed E-state index contributed by atoms with van der Waals surface area (Å²) in [5.74, 6) is 0. The maximum absolute atomic E-state index is 5.04. The predicted molar refractivity (Wildman–Crippen MR) is 54.8 cm³/mol. The number of rotatable bonds is 9. The van der Waals surface area contributed by atoms with E-state index in [4.69, 9.17) is 9.47 Å². The quantitative estimate of drug-likeness (QED) is 0.443. The van der Waals surface area contributed by atoms with E-state index in [1.165, 1.54) is 25.7 Å². The van der Waals surface area contributed by atoms with Gasteiger partial charge in [-0.25, -0.2) is 0 Å². The summed E-state index contributed by atoms with van der Waals surface area (Å²) >= 11 is 0. The van der Waals surface area contributed by atoms with E-state index in [-0.39, 0.29) is 6.29 Å². The molecule has 0 bridgehead atoms. The minimum absolute atomic E-state index is 0.105. The van der Waals surface area contributed by atoms with Gasteiger partial charge in [-0.2, -0.15) is 0 Å². The minimum Gasteiger partial charge on any atom is -0.355 e. The van der Waals surface area contributed by atoms with E-state index in [2.05, 4.69) is 12.2 Å². The van der Waals surface area contributed by atoms with Gasteiger partial charge in [0, 0.05) is 20.8 Å². The van der Waals surface area contributed by atoms with Gasteiger partial charge in [0.15, 0.2) is 6.29 Å². The lowest BCUT2D eigenvalue weighted by atomic mass is 10.2. The fraction of sp³-hybridized carbons (Fsp3) is 1.00. The summed E-state index contributed by atoms with van der Waals surface area (Å²) in [5, 5.41) is 3.30. The Labute approximate surface area is 81.8 Å². The first-order chi connectivity index (χ1) is 6.35. The fourth-order valence-electron chi connectivity index (χ4n) is 1.16. The highest BCUT2D eigenvalue weighted by Gasteiger charge is 2.02. The Morgan fingerprint density at radius 3 is 2.31 bits per heavy atom. The molecule has 0 radical (unpaired) electrons. The molecule has 0 saturated heterocycles. The van der Waals surface area contributed by atoms with Crippen LogP contribution in [0.3, 0.4) is 0 Å². The van der Waals surface area contributed by atoms with Crippen molar-refractivity contribution in [1.29, 1.82) is 0 Å². The van der Waals surface area contributed by atoms with Crippen LogP contribution < -0.4 is 5.32 Å². The summed E-state index contributed by atoms with van der Waals surface area (Å²) in [6, 6.07) is 0. The molecule has 0 spiro atoms. The van der Waals surface area contributed by atoms with Crippen molar-refractivity contribution in [3.63, 3.8) is 0 Å². The molecule has 0 atom stereocenters. The largest absolute Gasteiger partial charge is 0.355 e. The predicted octanol–water partition coefficient (Wildman–Crippen LogP) is 1.78. The van der Waals surface area contributed by atoms with Gasteiger partial charge in [-0.05, 0) is 13.0 Å². The molecule has 3 heteroatoms. The van der Waals surface area contributed by atoms with Crippen LogP contribution in [0.25, 0.3) is 0 Å². The van der Waals surface area contributed by atoms with Gasteiger partial charge in [-0.15, -0.1) is 0 Å².